The van der Waals surface area contributed by atoms with Crippen LogP contribution in [0.25, 0.3) is 5.65 Å². The van der Waals surface area contributed by atoms with Gasteiger partial charge in [0.05, 0.1) is 16.4 Å². The molecule has 3 aromatic rings. The van der Waals surface area contributed by atoms with E-state index < -0.39 is 0 Å². The first-order valence-corrected chi connectivity index (χ1v) is 10.00. The molecule has 1 aromatic carbocycles. The highest BCUT2D eigenvalue weighted by Crippen LogP contribution is 2.25. The van der Waals surface area contributed by atoms with Gasteiger partial charge in [0.2, 0.25) is 0 Å². The molecule has 0 spiro atoms. The number of pyridine rings is 1. The van der Waals surface area contributed by atoms with Gasteiger partial charge in [-0.25, -0.2) is 4.98 Å². The zero-order chi connectivity index (χ0) is 19.3. The van der Waals surface area contributed by atoms with Gasteiger partial charge in [-0.05, 0) is 24.3 Å². The van der Waals surface area contributed by atoms with Crippen LogP contribution in [0.5, 0.6) is 0 Å². The number of halogens is 1. The summed E-state index contributed by atoms with van der Waals surface area (Å²) >= 11 is 6.34. The lowest BCUT2D eigenvalue weighted by molar-refractivity contribution is 0.373. The topological polar surface area (TPSA) is 48.2 Å². The fourth-order valence-electron chi connectivity index (χ4n) is 3.61. The first-order chi connectivity index (χ1) is 13.7. The van der Waals surface area contributed by atoms with Crippen LogP contribution in [-0.4, -0.2) is 60.0 Å². The van der Waals surface area contributed by atoms with Gasteiger partial charge in [0.1, 0.15) is 5.65 Å². The third-order valence-electron chi connectivity index (χ3n) is 5.06. The summed E-state index contributed by atoms with van der Waals surface area (Å²) in [6.07, 6.45) is 4.97. The smallest absolute Gasteiger partial charge is 0.193 e. The van der Waals surface area contributed by atoms with E-state index in [0.29, 0.717) is 0 Å². The molecule has 28 heavy (non-hydrogen) atoms. The van der Waals surface area contributed by atoms with Gasteiger partial charge in [0.15, 0.2) is 5.96 Å². The number of rotatable bonds is 4. The van der Waals surface area contributed by atoms with Crippen molar-refractivity contribution in [1.29, 1.82) is 0 Å². The molecule has 146 valence electrons. The number of benzene rings is 1. The number of hydrogen-bond acceptors (Lipinski definition) is 3. The Bertz CT molecular complexity index is 925. The van der Waals surface area contributed by atoms with Crippen LogP contribution in [0, 0.1) is 0 Å². The van der Waals surface area contributed by atoms with E-state index in [9.17, 15) is 0 Å². The number of aliphatic imine (C=N–C) groups is 1. The molecule has 0 aliphatic carbocycles. The number of imidazole rings is 1. The van der Waals surface area contributed by atoms with E-state index in [-0.39, 0.29) is 0 Å². The maximum Gasteiger partial charge on any atom is 0.193 e. The average Bonchev–Trinajstić information content (AvgIpc) is 3.15. The van der Waals surface area contributed by atoms with Crippen molar-refractivity contribution < 1.29 is 0 Å². The fourth-order valence-corrected chi connectivity index (χ4v) is 3.86. The first kappa shape index (κ1) is 18.6. The summed E-state index contributed by atoms with van der Waals surface area (Å²) in [5.41, 5.74) is 3.17. The molecule has 1 N–H and O–H groups in total. The third-order valence-corrected chi connectivity index (χ3v) is 5.38. The molecule has 0 atom stereocenters. The van der Waals surface area contributed by atoms with Gasteiger partial charge in [0, 0.05) is 58.6 Å². The Labute approximate surface area is 170 Å². The van der Waals surface area contributed by atoms with E-state index in [0.717, 1.165) is 67.2 Å². The Morgan fingerprint density at radius 1 is 1.11 bits per heavy atom. The number of para-hydroxylation sites is 1. The van der Waals surface area contributed by atoms with E-state index in [2.05, 4.69) is 41.8 Å². The van der Waals surface area contributed by atoms with Crippen molar-refractivity contribution in [3.05, 3.63) is 65.6 Å². The lowest BCUT2D eigenvalue weighted by Gasteiger charge is -2.38. The minimum Gasteiger partial charge on any atom is -0.367 e. The van der Waals surface area contributed by atoms with Crippen molar-refractivity contribution in [3.63, 3.8) is 0 Å². The molecule has 1 aliphatic heterocycles. The lowest BCUT2D eigenvalue weighted by atomic mass is 10.2. The number of fused-ring (bicyclic) bond motifs is 1. The van der Waals surface area contributed by atoms with E-state index in [1.54, 1.807) is 0 Å². The predicted molar refractivity (Wildman–Crippen MR) is 115 cm³/mol. The number of piperazine rings is 1. The van der Waals surface area contributed by atoms with Gasteiger partial charge in [0.25, 0.3) is 0 Å². The summed E-state index contributed by atoms with van der Waals surface area (Å²) < 4.78 is 2.05. The third kappa shape index (κ3) is 4.07. The molecule has 0 amide bonds. The van der Waals surface area contributed by atoms with Crippen LogP contribution in [-0.2, 0) is 6.42 Å². The predicted octanol–water partition coefficient (Wildman–Crippen LogP) is 2.93. The zero-order valence-corrected chi connectivity index (χ0v) is 16.8. The SMILES string of the molecule is CN=C(NCCc1cn2ccccc2n1)N1CCN(c2ccccc2Cl)CC1. The number of nitrogens with one attached hydrogen (secondary N) is 1. The molecule has 3 heterocycles. The number of hydrogen-bond donors (Lipinski definition) is 1. The highest BCUT2D eigenvalue weighted by molar-refractivity contribution is 6.33. The monoisotopic (exact) mass is 396 g/mol. The van der Waals surface area contributed by atoms with Crippen LogP contribution in [0.4, 0.5) is 5.69 Å². The van der Waals surface area contributed by atoms with Crippen molar-refractivity contribution in [2.24, 2.45) is 4.99 Å². The van der Waals surface area contributed by atoms with Crippen LogP contribution >= 0.6 is 11.6 Å². The van der Waals surface area contributed by atoms with Crippen molar-refractivity contribution in [2.45, 2.75) is 6.42 Å². The maximum atomic E-state index is 6.34. The molecule has 7 heteroatoms. The molecule has 4 rings (SSSR count). The lowest BCUT2D eigenvalue weighted by Crippen LogP contribution is -2.52. The molecule has 0 saturated carbocycles. The van der Waals surface area contributed by atoms with Gasteiger partial charge in [-0.15, -0.1) is 0 Å². The van der Waals surface area contributed by atoms with Gasteiger partial charge < -0.3 is 19.5 Å². The molecule has 1 saturated heterocycles. The molecule has 6 nitrogen and oxygen atoms in total. The van der Waals surface area contributed by atoms with Crippen molar-refractivity contribution in [3.8, 4) is 0 Å². The molecule has 0 bridgehead atoms. The van der Waals surface area contributed by atoms with Crippen LogP contribution in [0.3, 0.4) is 0 Å². The largest absolute Gasteiger partial charge is 0.367 e. The van der Waals surface area contributed by atoms with Crippen LogP contribution in [0.2, 0.25) is 5.02 Å². The van der Waals surface area contributed by atoms with E-state index >= 15 is 0 Å². The molecule has 0 unspecified atom stereocenters. The average molecular weight is 397 g/mol. The van der Waals surface area contributed by atoms with Crippen LogP contribution < -0.4 is 10.2 Å². The summed E-state index contributed by atoms with van der Waals surface area (Å²) in [6.45, 7) is 4.49. The molecule has 1 aliphatic rings. The zero-order valence-electron chi connectivity index (χ0n) is 16.1. The summed E-state index contributed by atoms with van der Waals surface area (Å²) in [5, 5.41) is 4.29. The minimum atomic E-state index is 0.807. The second kappa shape index (κ2) is 8.52. The van der Waals surface area contributed by atoms with Crippen molar-refractivity contribution in [2.75, 3.05) is 44.7 Å². The summed E-state index contributed by atoms with van der Waals surface area (Å²) in [4.78, 5) is 13.8. The number of aromatic nitrogens is 2. The highest BCUT2D eigenvalue weighted by atomic mass is 35.5. The molecular weight excluding hydrogens is 372 g/mol. The second-order valence-electron chi connectivity index (χ2n) is 6.85. The Hall–Kier alpha value is -2.73. The first-order valence-electron chi connectivity index (χ1n) is 9.62. The summed E-state index contributed by atoms with van der Waals surface area (Å²) in [5.74, 6) is 0.947. The van der Waals surface area contributed by atoms with Gasteiger partial charge >= 0.3 is 0 Å². The Kier molecular flexibility index (Phi) is 5.67. The van der Waals surface area contributed by atoms with Crippen molar-refractivity contribution in [1.82, 2.24) is 19.6 Å². The Morgan fingerprint density at radius 2 is 1.89 bits per heavy atom. The van der Waals surface area contributed by atoms with Gasteiger partial charge in [-0.2, -0.15) is 0 Å². The quantitative estimate of drug-likeness (QED) is 0.544. The maximum absolute atomic E-state index is 6.34. The van der Waals surface area contributed by atoms with E-state index in [1.165, 1.54) is 0 Å². The molecule has 1 fully saturated rings. The van der Waals surface area contributed by atoms with Gasteiger partial charge in [-0.1, -0.05) is 29.8 Å². The van der Waals surface area contributed by atoms with Crippen LogP contribution in [0.15, 0.2) is 59.9 Å². The van der Waals surface area contributed by atoms with Gasteiger partial charge in [-0.3, -0.25) is 4.99 Å². The van der Waals surface area contributed by atoms with E-state index in [1.807, 2.05) is 49.6 Å². The fraction of sp³-hybridized carbons (Fsp3) is 0.333. The summed E-state index contributed by atoms with van der Waals surface area (Å²) in [6, 6.07) is 14.1. The number of guanidine groups is 1. The van der Waals surface area contributed by atoms with Crippen molar-refractivity contribution >= 4 is 28.9 Å². The Morgan fingerprint density at radius 3 is 2.64 bits per heavy atom. The second-order valence-corrected chi connectivity index (χ2v) is 7.26. The highest BCUT2D eigenvalue weighted by Gasteiger charge is 2.20. The number of anilines is 1. The standard InChI is InChI=1S/C21H25ClN6/c1-23-21(24-10-9-17-16-28-11-5-4-8-20(28)25-17)27-14-12-26(13-15-27)19-7-3-2-6-18(19)22/h2-8,11,16H,9-10,12-15H2,1H3,(H,23,24). The number of nitrogens with zero attached hydrogens (tertiary/aromatic N) is 5. The van der Waals surface area contributed by atoms with E-state index in [4.69, 9.17) is 11.6 Å². The minimum absolute atomic E-state index is 0.807. The molecule has 2 aromatic heterocycles. The normalized spacial score (nSPS) is 15.3. The Balaban J connectivity index is 1.29. The molecule has 0 radical (unpaired) electrons. The molecular formula is C21H25ClN6. The van der Waals surface area contributed by atoms with Crippen LogP contribution in [0.1, 0.15) is 5.69 Å². The summed E-state index contributed by atoms with van der Waals surface area (Å²) in [7, 11) is 1.84.